The first kappa shape index (κ1) is 73.1. The molecule has 2 aliphatic rings. The fourth-order valence-corrected chi connectivity index (χ4v) is 10.9. The van der Waals surface area contributed by atoms with Crippen LogP contribution in [-0.2, 0) is 76.8 Å². The molecule has 1 aromatic heterocycles. The first-order valence-corrected chi connectivity index (χ1v) is 30.8. The monoisotopic (exact) mass is 1280 g/mol. The minimum Gasteiger partial charge on any atom is -0.508 e. The molecular formula is C61H89N17O14. The maximum atomic E-state index is 15.0. The van der Waals surface area contributed by atoms with Crippen molar-refractivity contribution in [1.82, 2.24) is 57.0 Å². The number of carboxylic acids is 1. The van der Waals surface area contributed by atoms with Gasteiger partial charge in [-0.3, -0.25) is 57.7 Å². The number of likely N-dealkylation sites (tertiary alicyclic amines) is 2. The van der Waals surface area contributed by atoms with Gasteiger partial charge in [0.1, 0.15) is 60.1 Å². The van der Waals surface area contributed by atoms with E-state index in [0.717, 1.165) is 0 Å². The number of carbonyl (C=O) groups is 12. The molecule has 2 saturated heterocycles. The highest BCUT2D eigenvalue weighted by atomic mass is 16.4. The summed E-state index contributed by atoms with van der Waals surface area (Å²) in [7, 11) is 0. The minimum atomic E-state index is -1.46. The Morgan fingerprint density at radius 2 is 1.16 bits per heavy atom. The maximum absolute atomic E-state index is 15.0. The van der Waals surface area contributed by atoms with Crippen LogP contribution in [0.2, 0.25) is 0 Å². The van der Waals surface area contributed by atoms with Crippen molar-refractivity contribution < 1.29 is 67.7 Å². The zero-order valence-corrected chi connectivity index (χ0v) is 52.3. The summed E-state index contributed by atoms with van der Waals surface area (Å²) in [5.74, 6) is -11.2. The number of aromatic amines is 1. The lowest BCUT2D eigenvalue weighted by Crippen LogP contribution is -2.61. The van der Waals surface area contributed by atoms with E-state index in [-0.39, 0.29) is 101 Å². The maximum Gasteiger partial charge on any atom is 0.326 e. The van der Waals surface area contributed by atoms with E-state index in [9.17, 15) is 63.0 Å². The van der Waals surface area contributed by atoms with Crippen LogP contribution in [0.15, 0.2) is 72.1 Å². The van der Waals surface area contributed by atoms with Crippen LogP contribution in [0.4, 0.5) is 0 Å². The fraction of sp³-hybridized carbons (Fsp3) is 0.541. The third-order valence-electron chi connectivity index (χ3n) is 15.9. The summed E-state index contributed by atoms with van der Waals surface area (Å²) >= 11 is 0. The first-order valence-electron chi connectivity index (χ1n) is 30.8. The van der Waals surface area contributed by atoms with Crippen LogP contribution in [0.5, 0.6) is 5.75 Å². The third-order valence-corrected chi connectivity index (χ3v) is 15.9. The van der Waals surface area contributed by atoms with Crippen molar-refractivity contribution in [3.63, 3.8) is 0 Å². The molecule has 0 aliphatic carbocycles. The number of benzene rings is 2. The highest BCUT2D eigenvalue weighted by Crippen LogP contribution is 2.24. The van der Waals surface area contributed by atoms with Gasteiger partial charge >= 0.3 is 5.97 Å². The van der Waals surface area contributed by atoms with Gasteiger partial charge < -0.3 is 90.9 Å². The third kappa shape index (κ3) is 22.7. The molecule has 31 nitrogen and oxygen atoms in total. The largest absolute Gasteiger partial charge is 0.508 e. The molecule has 0 saturated carbocycles. The van der Waals surface area contributed by atoms with Gasteiger partial charge in [0, 0.05) is 57.2 Å². The quantitative estimate of drug-likeness (QED) is 0.0159. The van der Waals surface area contributed by atoms with Crippen molar-refractivity contribution in [2.24, 2.45) is 45.5 Å². The Bertz CT molecular complexity index is 3070. The van der Waals surface area contributed by atoms with Crippen molar-refractivity contribution in [2.45, 2.75) is 178 Å². The van der Waals surface area contributed by atoms with Gasteiger partial charge in [-0.1, -0.05) is 76.6 Å². The van der Waals surface area contributed by atoms with E-state index in [1.165, 1.54) is 46.6 Å². The molecule has 92 heavy (non-hydrogen) atoms. The van der Waals surface area contributed by atoms with E-state index in [4.69, 9.17) is 28.7 Å². The standard InChI is InChI=1S/C61H89N17O14/c1-5-34(4)50(76-54(85)43(28-36-17-19-38(79)20-18-36)73-55(86)46-15-10-24-77(46)58(89)41(14-9-23-68-61(65)66)71-51(82)39(62)30-49(64)81)57(88)74-44(29-37-31-67-32-69-37)59(90)78-25-11-16-47(78)56(87)72-42(27-35-12-7-6-8-13-35)53(84)70-40(21-22-48(63)80)52(83)75-45(60(91)92)26-33(2)3/h6-8,12-13,17-20,31-34,39-47,50,79H,5,9-11,14-16,21-30,62H2,1-4H3,(H2,63,80)(H2,64,81)(H,67,69)(H,70,84)(H,71,82)(H,72,87)(H,73,86)(H,74,88)(H,75,83)(H,76,85)(H,91,92)(H4,65,66,68)/t34-,39-,40-,41-,42-,43-,44-,45-,46-,47-,50-/m0/s1. The van der Waals surface area contributed by atoms with E-state index in [2.05, 4.69) is 52.2 Å². The number of nitrogens with two attached hydrogens (primary N) is 5. The van der Waals surface area contributed by atoms with Crippen LogP contribution in [0.3, 0.4) is 0 Å². The fourth-order valence-electron chi connectivity index (χ4n) is 10.9. The summed E-state index contributed by atoms with van der Waals surface area (Å²) in [6.07, 6.45) is 2.63. The Morgan fingerprint density at radius 1 is 0.630 bits per heavy atom. The number of aliphatic carboxylic acids is 1. The molecule has 0 spiro atoms. The highest BCUT2D eigenvalue weighted by Gasteiger charge is 2.43. The molecule has 3 aromatic rings. The Labute approximate surface area is 532 Å². The van der Waals surface area contributed by atoms with Gasteiger partial charge in [0.2, 0.25) is 65.0 Å². The van der Waals surface area contributed by atoms with Crippen LogP contribution in [0.1, 0.15) is 115 Å². The number of H-pyrrole nitrogens is 1. The summed E-state index contributed by atoms with van der Waals surface area (Å²) in [6.45, 7) is 7.17. The second-order valence-corrected chi connectivity index (χ2v) is 23.7. The molecule has 0 radical (unpaired) electrons. The number of aliphatic imine (C=N–C) groups is 1. The Balaban J connectivity index is 1.40. The number of rotatable bonds is 36. The second-order valence-electron chi connectivity index (χ2n) is 23.7. The molecule has 11 amide bonds. The number of phenols is 1. The van der Waals surface area contributed by atoms with E-state index in [1.54, 1.807) is 58.0 Å². The molecule has 0 unspecified atom stereocenters. The van der Waals surface area contributed by atoms with E-state index in [0.29, 0.717) is 36.1 Å². The lowest BCUT2D eigenvalue weighted by Gasteiger charge is -2.32. The number of guanidine groups is 1. The molecule has 5 rings (SSSR count). The van der Waals surface area contributed by atoms with Crippen LogP contribution in [-0.4, -0.2) is 187 Å². The average Bonchev–Trinajstić information content (AvgIpc) is 1.66. The number of primary amides is 2. The number of imidazole rings is 1. The number of nitrogens with one attached hydrogen (secondary N) is 8. The molecule has 11 atom stereocenters. The SMILES string of the molecule is CC[C@H](C)[C@H](NC(=O)[C@H](Cc1ccc(O)cc1)NC(=O)[C@@H]1CCCN1C(=O)[C@H](CCCN=C(N)N)NC(=O)[C@@H](N)CC(N)=O)C(=O)N[C@@H](Cc1cnc[nH]1)C(=O)N1CCC[C@H]1C(=O)N[C@@H](Cc1ccccc1)C(=O)N[C@@H](CCC(N)=O)C(=O)N[C@@H](CC(C)C)C(=O)O. The van der Waals surface area contributed by atoms with Gasteiger partial charge in [-0.05, 0) is 86.5 Å². The summed E-state index contributed by atoms with van der Waals surface area (Å²) in [5, 5.41) is 38.7. The topological polar surface area (TPSA) is 507 Å². The zero-order valence-electron chi connectivity index (χ0n) is 52.3. The predicted molar refractivity (Wildman–Crippen MR) is 334 cm³/mol. The minimum absolute atomic E-state index is 0.00910. The molecule has 2 fully saturated rings. The number of aromatic hydroxyl groups is 1. The van der Waals surface area contributed by atoms with Crippen molar-refractivity contribution in [3.05, 3.63) is 83.9 Å². The Hall–Kier alpha value is -9.68. The molecule has 2 aliphatic heterocycles. The molecule has 20 N–H and O–H groups in total. The van der Waals surface area contributed by atoms with E-state index in [1.807, 2.05) is 0 Å². The number of aromatic nitrogens is 2. The molecule has 2 aromatic carbocycles. The Kier molecular flexibility index (Phi) is 28.3. The zero-order chi connectivity index (χ0) is 67.8. The van der Waals surface area contributed by atoms with Crippen molar-refractivity contribution in [2.75, 3.05) is 19.6 Å². The second kappa shape index (κ2) is 35.6. The van der Waals surface area contributed by atoms with Gasteiger partial charge in [-0.25, -0.2) is 9.78 Å². The van der Waals surface area contributed by atoms with E-state index >= 15 is 4.79 Å². The Morgan fingerprint density at radius 3 is 1.68 bits per heavy atom. The lowest BCUT2D eigenvalue weighted by molar-refractivity contribution is -0.143. The van der Waals surface area contributed by atoms with Gasteiger partial charge in [0.05, 0.1) is 18.8 Å². The van der Waals surface area contributed by atoms with Gasteiger partial charge in [0.25, 0.3) is 0 Å². The smallest absolute Gasteiger partial charge is 0.326 e. The number of amides is 11. The molecule has 3 heterocycles. The van der Waals surface area contributed by atoms with Gasteiger partial charge in [0.15, 0.2) is 5.96 Å². The van der Waals surface area contributed by atoms with Crippen molar-refractivity contribution >= 4 is 76.9 Å². The summed E-state index contributed by atoms with van der Waals surface area (Å²) < 4.78 is 0. The average molecular weight is 1280 g/mol. The summed E-state index contributed by atoms with van der Waals surface area (Å²) in [4.78, 5) is 178. The number of phenolic OH excluding ortho intramolecular Hbond substituents is 1. The molecular weight excluding hydrogens is 1190 g/mol. The lowest BCUT2D eigenvalue weighted by atomic mass is 9.96. The normalized spacial score (nSPS) is 17.4. The van der Waals surface area contributed by atoms with E-state index < -0.39 is 144 Å². The molecule has 31 heteroatoms. The predicted octanol–water partition coefficient (Wildman–Crippen LogP) is -2.78. The highest BCUT2D eigenvalue weighted by molar-refractivity contribution is 5.99. The van der Waals surface area contributed by atoms with Crippen LogP contribution < -0.4 is 65.9 Å². The van der Waals surface area contributed by atoms with Gasteiger partial charge in [-0.2, -0.15) is 0 Å². The van der Waals surface area contributed by atoms with Gasteiger partial charge in [-0.15, -0.1) is 0 Å². The molecule has 502 valence electrons. The number of hydrogen-bond acceptors (Lipinski definition) is 16. The number of carboxylic acid groups (broad SMARTS) is 1. The first-order chi connectivity index (χ1) is 43.6. The van der Waals surface area contributed by atoms with Crippen LogP contribution in [0.25, 0.3) is 0 Å². The molecule has 0 bridgehead atoms. The number of nitrogens with zero attached hydrogens (tertiary/aromatic N) is 4. The summed E-state index contributed by atoms with van der Waals surface area (Å²) in [6, 6.07) is 0.972. The van der Waals surface area contributed by atoms with Crippen molar-refractivity contribution in [3.8, 4) is 5.75 Å². The summed E-state index contributed by atoms with van der Waals surface area (Å²) in [5.41, 5.74) is 29.0. The number of hydrogen-bond donors (Lipinski definition) is 15. The van der Waals surface area contributed by atoms with Crippen LogP contribution in [0, 0.1) is 11.8 Å². The number of carbonyl (C=O) groups excluding carboxylic acids is 11. The van der Waals surface area contributed by atoms with Crippen molar-refractivity contribution in [1.29, 1.82) is 0 Å². The van der Waals surface area contributed by atoms with Crippen LogP contribution >= 0.6 is 0 Å².